The molecule has 0 radical (unpaired) electrons. The van der Waals surface area contributed by atoms with Gasteiger partial charge >= 0.3 is 5.97 Å². The summed E-state index contributed by atoms with van der Waals surface area (Å²) in [4.78, 5) is 15.4. The Labute approximate surface area is 122 Å². The second-order valence-corrected chi connectivity index (χ2v) is 5.93. The van der Waals surface area contributed by atoms with E-state index in [0.29, 0.717) is 11.3 Å². The van der Waals surface area contributed by atoms with Gasteiger partial charge in [-0.25, -0.2) is 17.9 Å². The molecule has 0 spiro atoms. The maximum Gasteiger partial charge on any atom is 0.337 e. The molecule has 21 heavy (non-hydrogen) atoms. The van der Waals surface area contributed by atoms with Crippen molar-refractivity contribution in [3.05, 3.63) is 59.9 Å². The molecule has 6 nitrogen and oxygen atoms in total. The second kappa shape index (κ2) is 6.47. The maximum atomic E-state index is 12.1. The van der Waals surface area contributed by atoms with Gasteiger partial charge in [-0.2, -0.15) is 0 Å². The summed E-state index contributed by atoms with van der Waals surface area (Å²) in [5.41, 5.74) is 0.911. The number of carbonyl (C=O) groups is 1. The SMILES string of the molecule is COC(=O)c1ccc(S(=O)(=O)NCc2ccccn2)cc1. The lowest BCUT2D eigenvalue weighted by Gasteiger charge is -2.07. The minimum atomic E-state index is -3.65. The Bertz CT molecular complexity index is 712. The molecular formula is C14H14N2O4S. The number of aromatic nitrogens is 1. The molecule has 0 amide bonds. The van der Waals surface area contributed by atoms with Gasteiger partial charge in [-0.3, -0.25) is 4.98 Å². The lowest BCUT2D eigenvalue weighted by atomic mass is 10.2. The van der Waals surface area contributed by atoms with E-state index in [2.05, 4.69) is 14.4 Å². The van der Waals surface area contributed by atoms with Crippen molar-refractivity contribution >= 4 is 16.0 Å². The largest absolute Gasteiger partial charge is 0.465 e. The molecule has 7 heteroatoms. The predicted molar refractivity (Wildman–Crippen MR) is 76.0 cm³/mol. The summed E-state index contributed by atoms with van der Waals surface area (Å²) in [5, 5.41) is 0. The zero-order chi connectivity index (χ0) is 15.3. The zero-order valence-corrected chi connectivity index (χ0v) is 12.1. The van der Waals surface area contributed by atoms with E-state index in [4.69, 9.17) is 0 Å². The number of rotatable bonds is 5. The van der Waals surface area contributed by atoms with Crippen molar-refractivity contribution in [2.45, 2.75) is 11.4 Å². The molecule has 0 aliphatic rings. The molecule has 0 saturated heterocycles. The van der Waals surface area contributed by atoms with Crippen LogP contribution in [0.4, 0.5) is 0 Å². The summed E-state index contributed by atoms with van der Waals surface area (Å²) in [6.45, 7) is 0.0991. The monoisotopic (exact) mass is 306 g/mol. The van der Waals surface area contributed by atoms with Crippen LogP contribution in [0.5, 0.6) is 0 Å². The topological polar surface area (TPSA) is 85.4 Å². The molecule has 0 bridgehead atoms. The van der Waals surface area contributed by atoms with E-state index in [9.17, 15) is 13.2 Å². The minimum absolute atomic E-state index is 0.0751. The Balaban J connectivity index is 2.10. The van der Waals surface area contributed by atoms with Crippen LogP contribution in [0.25, 0.3) is 0 Å². The molecule has 0 saturated carbocycles. The Hall–Kier alpha value is -2.25. The average Bonchev–Trinajstić information content (AvgIpc) is 2.53. The fourth-order valence-corrected chi connectivity index (χ4v) is 2.64. The summed E-state index contributed by atoms with van der Waals surface area (Å²) in [6.07, 6.45) is 1.59. The lowest BCUT2D eigenvalue weighted by Crippen LogP contribution is -2.23. The first-order chi connectivity index (χ1) is 10.0. The quantitative estimate of drug-likeness (QED) is 0.843. The number of ether oxygens (including phenoxy) is 1. The maximum absolute atomic E-state index is 12.1. The Kier molecular flexibility index (Phi) is 4.66. The standard InChI is InChI=1S/C14H14N2O4S/c1-20-14(17)11-5-7-13(8-6-11)21(18,19)16-10-12-4-2-3-9-15-12/h2-9,16H,10H2,1H3. The van der Waals surface area contributed by atoms with Gasteiger partial charge < -0.3 is 4.74 Å². The normalized spacial score (nSPS) is 11.1. The van der Waals surface area contributed by atoms with Crippen LogP contribution in [-0.4, -0.2) is 26.5 Å². The van der Waals surface area contributed by atoms with Gasteiger partial charge in [0.25, 0.3) is 0 Å². The fourth-order valence-electron chi connectivity index (χ4n) is 1.64. The molecule has 2 aromatic rings. The highest BCUT2D eigenvalue weighted by Gasteiger charge is 2.15. The van der Waals surface area contributed by atoms with E-state index in [1.54, 1.807) is 24.4 Å². The minimum Gasteiger partial charge on any atom is -0.465 e. The number of methoxy groups -OCH3 is 1. The number of nitrogens with one attached hydrogen (secondary N) is 1. The van der Waals surface area contributed by atoms with Crippen molar-refractivity contribution in [1.29, 1.82) is 0 Å². The van der Waals surface area contributed by atoms with Gasteiger partial charge in [0.05, 0.1) is 29.8 Å². The molecule has 1 aromatic carbocycles. The number of nitrogens with zero attached hydrogens (tertiary/aromatic N) is 1. The first-order valence-electron chi connectivity index (χ1n) is 6.11. The molecule has 0 aliphatic heterocycles. The van der Waals surface area contributed by atoms with Crippen LogP contribution in [0.3, 0.4) is 0 Å². The summed E-state index contributed by atoms with van der Waals surface area (Å²) in [5.74, 6) is -0.514. The molecule has 1 N–H and O–H groups in total. The van der Waals surface area contributed by atoms with Crippen LogP contribution in [0.1, 0.15) is 16.1 Å². The van der Waals surface area contributed by atoms with Gasteiger partial charge in [0, 0.05) is 6.20 Å². The zero-order valence-electron chi connectivity index (χ0n) is 11.3. The predicted octanol–water partition coefficient (Wildman–Crippen LogP) is 1.35. The van der Waals surface area contributed by atoms with E-state index in [1.807, 2.05) is 0 Å². The highest BCUT2D eigenvalue weighted by molar-refractivity contribution is 7.89. The van der Waals surface area contributed by atoms with Crippen molar-refractivity contribution in [2.75, 3.05) is 7.11 Å². The summed E-state index contributed by atoms with van der Waals surface area (Å²) >= 11 is 0. The molecule has 1 aromatic heterocycles. The van der Waals surface area contributed by atoms with Gasteiger partial charge in [-0.1, -0.05) is 6.07 Å². The molecule has 110 valence electrons. The van der Waals surface area contributed by atoms with Crippen molar-refractivity contribution < 1.29 is 17.9 Å². The smallest absolute Gasteiger partial charge is 0.337 e. The third-order valence-electron chi connectivity index (χ3n) is 2.76. The number of pyridine rings is 1. The highest BCUT2D eigenvalue weighted by atomic mass is 32.2. The summed E-state index contributed by atoms with van der Waals surface area (Å²) in [6, 6.07) is 10.8. The molecule has 0 fully saturated rings. The van der Waals surface area contributed by atoms with Gasteiger partial charge in [0.15, 0.2) is 0 Å². The van der Waals surface area contributed by atoms with Gasteiger partial charge in [0.2, 0.25) is 10.0 Å². The van der Waals surface area contributed by atoms with Crippen molar-refractivity contribution in [1.82, 2.24) is 9.71 Å². The van der Waals surface area contributed by atoms with Crippen molar-refractivity contribution in [3.63, 3.8) is 0 Å². The first-order valence-corrected chi connectivity index (χ1v) is 7.59. The summed E-state index contributed by atoms with van der Waals surface area (Å²) in [7, 11) is -2.38. The average molecular weight is 306 g/mol. The lowest BCUT2D eigenvalue weighted by molar-refractivity contribution is 0.0600. The van der Waals surface area contributed by atoms with Crippen LogP contribution in [0, 0.1) is 0 Å². The van der Waals surface area contributed by atoms with Crippen molar-refractivity contribution in [2.24, 2.45) is 0 Å². The number of sulfonamides is 1. The van der Waals surface area contributed by atoms with E-state index in [-0.39, 0.29) is 11.4 Å². The van der Waals surface area contributed by atoms with Gasteiger partial charge in [-0.15, -0.1) is 0 Å². The molecule has 1 heterocycles. The molecule has 0 aliphatic carbocycles. The van der Waals surface area contributed by atoms with Crippen LogP contribution >= 0.6 is 0 Å². The van der Waals surface area contributed by atoms with E-state index < -0.39 is 16.0 Å². The van der Waals surface area contributed by atoms with Crippen LogP contribution in [-0.2, 0) is 21.3 Å². The number of hydrogen-bond donors (Lipinski definition) is 1. The highest BCUT2D eigenvalue weighted by Crippen LogP contribution is 2.11. The number of hydrogen-bond acceptors (Lipinski definition) is 5. The Morgan fingerprint density at radius 2 is 1.90 bits per heavy atom. The fraction of sp³-hybridized carbons (Fsp3) is 0.143. The number of esters is 1. The number of carbonyl (C=O) groups excluding carboxylic acids is 1. The van der Waals surface area contributed by atoms with Gasteiger partial charge in [-0.05, 0) is 36.4 Å². The van der Waals surface area contributed by atoms with E-state index >= 15 is 0 Å². The van der Waals surface area contributed by atoms with Gasteiger partial charge in [0.1, 0.15) is 0 Å². The molecular weight excluding hydrogens is 292 g/mol. The third-order valence-corrected chi connectivity index (χ3v) is 4.17. The number of benzene rings is 1. The van der Waals surface area contributed by atoms with Crippen LogP contribution in [0.15, 0.2) is 53.6 Å². The molecule has 0 unspecified atom stereocenters. The molecule has 2 rings (SSSR count). The van der Waals surface area contributed by atoms with E-state index in [1.165, 1.54) is 31.4 Å². The van der Waals surface area contributed by atoms with Crippen molar-refractivity contribution in [3.8, 4) is 0 Å². The Morgan fingerprint density at radius 1 is 1.19 bits per heavy atom. The molecule has 0 atom stereocenters. The Morgan fingerprint density at radius 3 is 2.48 bits per heavy atom. The second-order valence-electron chi connectivity index (χ2n) is 4.16. The third kappa shape index (κ3) is 3.87. The first kappa shape index (κ1) is 15.1. The van der Waals surface area contributed by atoms with Crippen LogP contribution in [0.2, 0.25) is 0 Å². The van der Waals surface area contributed by atoms with E-state index in [0.717, 1.165) is 0 Å². The summed E-state index contributed by atoms with van der Waals surface area (Å²) < 4.78 is 31.2. The van der Waals surface area contributed by atoms with Crippen LogP contribution < -0.4 is 4.72 Å².